The summed E-state index contributed by atoms with van der Waals surface area (Å²) in [6, 6.07) is 1.36. The van der Waals surface area contributed by atoms with Crippen molar-refractivity contribution in [2.45, 2.75) is 13.1 Å². The van der Waals surface area contributed by atoms with Gasteiger partial charge in [-0.25, -0.2) is 4.39 Å². The third-order valence-corrected chi connectivity index (χ3v) is 3.12. The Balaban J connectivity index is 2.57. The number of hydrogen-bond acceptors (Lipinski definition) is 2. The highest BCUT2D eigenvalue weighted by Gasteiger charge is 2.35. The number of H-pyrrole nitrogens is 1. The number of benzene rings is 1. The predicted molar refractivity (Wildman–Crippen MR) is 65.6 cm³/mol. The van der Waals surface area contributed by atoms with Gasteiger partial charge in [-0.15, -0.1) is 0 Å². The van der Waals surface area contributed by atoms with Crippen molar-refractivity contribution in [1.82, 2.24) is 9.78 Å². The molecule has 1 N–H and O–H groups in total. The molecule has 0 aliphatic rings. The van der Waals surface area contributed by atoms with Crippen molar-refractivity contribution in [3.63, 3.8) is 0 Å². The molecule has 1 aromatic heterocycles. The Bertz CT molecular complexity index is 771. The molecule has 0 bridgehead atoms. The largest absolute Gasteiger partial charge is 0.419 e. The zero-order valence-corrected chi connectivity index (χ0v) is 11.0. The molecule has 0 saturated carbocycles. The van der Waals surface area contributed by atoms with Gasteiger partial charge in [0.1, 0.15) is 11.4 Å². The Hall–Kier alpha value is -2.38. The highest BCUT2D eigenvalue weighted by atomic mass is 19.4. The lowest BCUT2D eigenvalue weighted by Crippen LogP contribution is -2.20. The maximum Gasteiger partial charge on any atom is 0.419 e. The molecule has 0 atom stereocenters. The summed E-state index contributed by atoms with van der Waals surface area (Å²) in [5.41, 5.74) is -3.08. The molecule has 0 unspecified atom stereocenters. The quantitative estimate of drug-likeness (QED) is 0.684. The SMILES string of the molecule is Cc1c(C(=O)c2c[nH]n(C)c2=O)ccc(C(F)(F)F)c1F. The first-order chi connectivity index (χ1) is 9.64. The summed E-state index contributed by atoms with van der Waals surface area (Å²) < 4.78 is 52.5. The van der Waals surface area contributed by atoms with Crippen molar-refractivity contribution in [3.05, 3.63) is 56.8 Å². The second-order valence-corrected chi connectivity index (χ2v) is 4.48. The fourth-order valence-electron chi connectivity index (χ4n) is 1.92. The van der Waals surface area contributed by atoms with E-state index in [9.17, 15) is 27.2 Å². The van der Waals surface area contributed by atoms with E-state index in [-0.39, 0.29) is 11.1 Å². The normalized spacial score (nSPS) is 11.7. The molecular formula is C13H10F4N2O2. The van der Waals surface area contributed by atoms with Crippen LogP contribution in [0.4, 0.5) is 17.6 Å². The second kappa shape index (κ2) is 4.87. The van der Waals surface area contributed by atoms with E-state index < -0.39 is 34.5 Å². The van der Waals surface area contributed by atoms with Crippen LogP contribution in [-0.4, -0.2) is 15.6 Å². The number of hydrogen-bond donors (Lipinski definition) is 1. The molecular weight excluding hydrogens is 292 g/mol. The summed E-state index contributed by atoms with van der Waals surface area (Å²) in [4.78, 5) is 23.8. The van der Waals surface area contributed by atoms with Crippen molar-refractivity contribution in [1.29, 1.82) is 0 Å². The molecule has 0 radical (unpaired) electrons. The molecule has 2 aromatic rings. The summed E-state index contributed by atoms with van der Waals surface area (Å²) in [6.45, 7) is 1.06. The van der Waals surface area contributed by atoms with E-state index in [0.717, 1.165) is 23.9 Å². The van der Waals surface area contributed by atoms with Crippen LogP contribution in [0.1, 0.15) is 27.0 Å². The van der Waals surface area contributed by atoms with Gasteiger partial charge < -0.3 is 5.10 Å². The van der Waals surface area contributed by atoms with Gasteiger partial charge in [-0.05, 0) is 24.6 Å². The summed E-state index contributed by atoms with van der Waals surface area (Å²) in [5.74, 6) is -2.34. The third-order valence-electron chi connectivity index (χ3n) is 3.12. The summed E-state index contributed by atoms with van der Waals surface area (Å²) >= 11 is 0. The molecule has 1 aromatic carbocycles. The number of carbonyl (C=O) groups excluding carboxylic acids is 1. The molecule has 1 heterocycles. The summed E-state index contributed by atoms with van der Waals surface area (Å²) in [7, 11) is 1.37. The van der Waals surface area contributed by atoms with E-state index in [0.29, 0.717) is 6.07 Å². The van der Waals surface area contributed by atoms with E-state index in [1.165, 1.54) is 7.05 Å². The zero-order chi connectivity index (χ0) is 15.9. The topological polar surface area (TPSA) is 54.9 Å². The van der Waals surface area contributed by atoms with Crippen LogP contribution in [0.15, 0.2) is 23.1 Å². The lowest BCUT2D eigenvalue weighted by atomic mass is 9.98. The molecule has 2 rings (SSSR count). The lowest BCUT2D eigenvalue weighted by Gasteiger charge is -2.12. The number of nitrogens with zero attached hydrogens (tertiary/aromatic N) is 1. The Labute approximate surface area is 116 Å². The minimum atomic E-state index is -4.85. The van der Waals surface area contributed by atoms with Gasteiger partial charge in [0.25, 0.3) is 5.56 Å². The van der Waals surface area contributed by atoms with Gasteiger partial charge in [-0.2, -0.15) is 13.2 Å². The monoisotopic (exact) mass is 302 g/mol. The van der Waals surface area contributed by atoms with Crippen molar-refractivity contribution in [3.8, 4) is 0 Å². The summed E-state index contributed by atoms with van der Waals surface area (Å²) in [5, 5.41) is 2.47. The first-order valence-electron chi connectivity index (χ1n) is 5.80. The number of rotatable bonds is 2. The van der Waals surface area contributed by atoms with Crippen molar-refractivity contribution >= 4 is 5.78 Å². The van der Waals surface area contributed by atoms with Crippen LogP contribution in [0, 0.1) is 12.7 Å². The number of halogens is 4. The number of carbonyl (C=O) groups is 1. The van der Waals surface area contributed by atoms with Crippen molar-refractivity contribution < 1.29 is 22.4 Å². The predicted octanol–water partition coefficient (Wildman–Crippen LogP) is 2.41. The number of aromatic nitrogens is 2. The maximum absolute atomic E-state index is 13.8. The van der Waals surface area contributed by atoms with E-state index in [1.54, 1.807) is 0 Å². The molecule has 112 valence electrons. The average molecular weight is 302 g/mol. The minimum absolute atomic E-state index is 0.264. The number of nitrogens with one attached hydrogen (secondary N) is 1. The van der Waals surface area contributed by atoms with Crippen LogP contribution in [0.3, 0.4) is 0 Å². The molecule has 8 heteroatoms. The Morgan fingerprint density at radius 3 is 2.33 bits per heavy atom. The fourth-order valence-corrected chi connectivity index (χ4v) is 1.92. The van der Waals surface area contributed by atoms with Gasteiger partial charge in [0.05, 0.1) is 5.56 Å². The first-order valence-corrected chi connectivity index (χ1v) is 5.80. The van der Waals surface area contributed by atoms with Gasteiger partial charge in [0.15, 0.2) is 0 Å². The number of alkyl halides is 3. The molecule has 0 amide bonds. The smallest absolute Gasteiger partial charge is 0.302 e. The zero-order valence-electron chi connectivity index (χ0n) is 11.0. The molecule has 0 saturated heterocycles. The van der Waals surface area contributed by atoms with Gasteiger partial charge in [0, 0.05) is 18.8 Å². The molecule has 4 nitrogen and oxygen atoms in total. The van der Waals surface area contributed by atoms with Crippen LogP contribution in [0.5, 0.6) is 0 Å². The van der Waals surface area contributed by atoms with E-state index >= 15 is 0 Å². The molecule has 0 aliphatic heterocycles. The number of aromatic amines is 1. The van der Waals surface area contributed by atoms with Gasteiger partial charge in [0.2, 0.25) is 5.78 Å². The highest BCUT2D eigenvalue weighted by Crippen LogP contribution is 2.33. The molecule has 0 spiro atoms. The summed E-state index contributed by atoms with van der Waals surface area (Å²) in [6.07, 6.45) is -3.72. The second-order valence-electron chi connectivity index (χ2n) is 4.48. The Morgan fingerprint density at radius 2 is 1.86 bits per heavy atom. The van der Waals surface area contributed by atoms with Crippen molar-refractivity contribution in [2.24, 2.45) is 7.05 Å². The van der Waals surface area contributed by atoms with Gasteiger partial charge in [-0.1, -0.05) is 0 Å². The molecule has 21 heavy (non-hydrogen) atoms. The third kappa shape index (κ3) is 2.48. The Morgan fingerprint density at radius 1 is 1.24 bits per heavy atom. The van der Waals surface area contributed by atoms with Crippen LogP contribution >= 0.6 is 0 Å². The minimum Gasteiger partial charge on any atom is -0.302 e. The molecule has 0 aliphatic carbocycles. The van der Waals surface area contributed by atoms with Gasteiger partial charge in [-0.3, -0.25) is 14.3 Å². The van der Waals surface area contributed by atoms with Gasteiger partial charge >= 0.3 is 6.18 Å². The van der Waals surface area contributed by atoms with Crippen molar-refractivity contribution in [2.75, 3.05) is 0 Å². The standard InChI is InChI=1S/C13H10F4N2O2/c1-6-7(3-4-9(10(6)14)13(15,16)17)11(20)8-5-18-19(2)12(8)21/h3-5,18H,1-2H3. The van der Waals surface area contributed by atoms with Crippen LogP contribution in [-0.2, 0) is 13.2 Å². The highest BCUT2D eigenvalue weighted by molar-refractivity contribution is 6.09. The first kappa shape index (κ1) is 15.0. The number of aryl methyl sites for hydroxylation is 1. The van der Waals surface area contributed by atoms with Crippen LogP contribution in [0.2, 0.25) is 0 Å². The number of ketones is 1. The lowest BCUT2D eigenvalue weighted by molar-refractivity contribution is -0.140. The maximum atomic E-state index is 13.8. The van der Waals surface area contributed by atoms with E-state index in [4.69, 9.17) is 0 Å². The van der Waals surface area contributed by atoms with E-state index in [1.807, 2.05) is 0 Å². The van der Waals surface area contributed by atoms with E-state index in [2.05, 4.69) is 5.10 Å². The fraction of sp³-hybridized carbons (Fsp3) is 0.231. The average Bonchev–Trinajstić information content (AvgIpc) is 2.71. The van der Waals surface area contributed by atoms with Crippen LogP contribution < -0.4 is 5.56 Å². The molecule has 0 fully saturated rings. The van der Waals surface area contributed by atoms with Crippen LogP contribution in [0.25, 0.3) is 0 Å². The Kier molecular flexibility index (Phi) is 3.48.